The lowest BCUT2D eigenvalue weighted by Gasteiger charge is -2.22. The van der Waals surface area contributed by atoms with Gasteiger partial charge in [-0.15, -0.1) is 11.6 Å². The number of amides is 3. The molecule has 0 spiro atoms. The zero-order valence-corrected chi connectivity index (χ0v) is 11.0. The Bertz CT molecular complexity index is 393. The van der Waals surface area contributed by atoms with Crippen LogP contribution in [0, 0.1) is 0 Å². The third-order valence-electron chi connectivity index (χ3n) is 2.49. The van der Waals surface area contributed by atoms with Crippen LogP contribution < -0.4 is 10.6 Å². The summed E-state index contributed by atoms with van der Waals surface area (Å²) in [5.74, 6) is -0.442. The Labute approximate surface area is 105 Å². The van der Waals surface area contributed by atoms with Gasteiger partial charge in [-0.3, -0.25) is 10.1 Å². The molecule has 0 aromatic carbocycles. The Morgan fingerprint density at radius 1 is 1.29 bits per heavy atom. The molecule has 1 saturated heterocycles. The molecule has 17 heavy (non-hydrogen) atoms. The van der Waals surface area contributed by atoms with Crippen LogP contribution >= 0.6 is 11.6 Å². The number of urea groups is 1. The Balaban J connectivity index is 2.36. The monoisotopic (exact) mass is 282 g/mol. The molecule has 0 radical (unpaired) electrons. The predicted molar refractivity (Wildman–Crippen MR) is 63.7 cm³/mol. The smallest absolute Gasteiger partial charge is 0.321 e. The van der Waals surface area contributed by atoms with Crippen LogP contribution in [0.1, 0.15) is 19.8 Å². The van der Waals surface area contributed by atoms with Gasteiger partial charge in [-0.05, 0) is 19.8 Å². The van der Waals surface area contributed by atoms with E-state index < -0.39 is 27.2 Å². The topological polar surface area (TPSA) is 92.3 Å². The first-order valence-corrected chi connectivity index (χ1v) is 7.52. The molecule has 1 atom stereocenters. The fraction of sp³-hybridized carbons (Fsp3) is 0.778. The number of rotatable bonds is 2. The summed E-state index contributed by atoms with van der Waals surface area (Å²) in [7, 11) is -2.95. The van der Waals surface area contributed by atoms with E-state index in [-0.39, 0.29) is 17.5 Å². The molecular formula is C9H15ClN2O4S. The zero-order chi connectivity index (χ0) is 13.1. The van der Waals surface area contributed by atoms with Crippen LogP contribution in [0.2, 0.25) is 0 Å². The lowest BCUT2D eigenvalue weighted by Crippen LogP contribution is -2.48. The van der Waals surface area contributed by atoms with Gasteiger partial charge in [0.25, 0.3) is 0 Å². The first kappa shape index (κ1) is 14.2. The molecule has 1 heterocycles. The average Bonchev–Trinajstić information content (AvgIpc) is 2.21. The molecule has 1 unspecified atom stereocenters. The van der Waals surface area contributed by atoms with Crippen molar-refractivity contribution >= 4 is 33.4 Å². The molecule has 1 fully saturated rings. The lowest BCUT2D eigenvalue weighted by molar-refractivity contribution is -0.119. The lowest BCUT2D eigenvalue weighted by atomic mass is 10.2. The van der Waals surface area contributed by atoms with Gasteiger partial charge < -0.3 is 5.32 Å². The molecule has 0 bridgehead atoms. The minimum absolute atomic E-state index is 0.0673. The molecule has 0 saturated carbocycles. The van der Waals surface area contributed by atoms with E-state index in [9.17, 15) is 18.0 Å². The summed E-state index contributed by atoms with van der Waals surface area (Å²) in [4.78, 5) is 22.4. The fourth-order valence-electron chi connectivity index (χ4n) is 1.47. The Morgan fingerprint density at radius 3 is 2.29 bits per heavy atom. The van der Waals surface area contributed by atoms with Gasteiger partial charge in [0, 0.05) is 6.04 Å². The van der Waals surface area contributed by atoms with Gasteiger partial charge in [0.15, 0.2) is 0 Å². The number of imide groups is 1. The molecule has 1 aliphatic heterocycles. The summed E-state index contributed by atoms with van der Waals surface area (Å²) in [5.41, 5.74) is 0. The van der Waals surface area contributed by atoms with E-state index in [1.807, 2.05) is 0 Å². The molecule has 6 nitrogen and oxygen atoms in total. The molecule has 0 aliphatic carbocycles. The number of halogens is 1. The summed E-state index contributed by atoms with van der Waals surface area (Å²) in [5, 5.41) is 3.84. The quantitative estimate of drug-likeness (QED) is 0.698. The number of hydrogen-bond acceptors (Lipinski definition) is 4. The second-order valence-electron chi connectivity index (χ2n) is 4.00. The highest BCUT2D eigenvalue weighted by atomic mass is 35.5. The Kier molecular flexibility index (Phi) is 4.76. The molecular weight excluding hydrogens is 268 g/mol. The van der Waals surface area contributed by atoms with Crippen molar-refractivity contribution < 1.29 is 18.0 Å². The van der Waals surface area contributed by atoms with Crippen LogP contribution in [0.4, 0.5) is 4.79 Å². The van der Waals surface area contributed by atoms with E-state index >= 15 is 0 Å². The second-order valence-corrected chi connectivity index (χ2v) is 6.96. The summed E-state index contributed by atoms with van der Waals surface area (Å²) in [6, 6.07) is -0.844. The maximum Gasteiger partial charge on any atom is 0.321 e. The molecule has 98 valence electrons. The second kappa shape index (κ2) is 5.68. The van der Waals surface area contributed by atoms with Crippen LogP contribution in [-0.2, 0) is 14.6 Å². The van der Waals surface area contributed by atoms with Gasteiger partial charge in [0.1, 0.15) is 15.2 Å². The van der Waals surface area contributed by atoms with E-state index in [2.05, 4.69) is 10.6 Å². The van der Waals surface area contributed by atoms with Crippen LogP contribution in [0.25, 0.3) is 0 Å². The maximum atomic E-state index is 11.3. The SMILES string of the molecule is CC(Cl)C(=O)NC(=O)NC1CCS(=O)(=O)CC1. The van der Waals surface area contributed by atoms with Gasteiger partial charge in [0.2, 0.25) is 5.91 Å². The molecule has 1 rings (SSSR count). The van der Waals surface area contributed by atoms with E-state index in [4.69, 9.17) is 11.6 Å². The molecule has 3 amide bonds. The predicted octanol–water partition coefficient (Wildman–Crippen LogP) is 0.0167. The van der Waals surface area contributed by atoms with Crippen molar-refractivity contribution in [2.45, 2.75) is 31.2 Å². The van der Waals surface area contributed by atoms with Crippen molar-refractivity contribution in [1.82, 2.24) is 10.6 Å². The summed E-state index contributed by atoms with van der Waals surface area (Å²) in [6.07, 6.45) is 0.751. The summed E-state index contributed by atoms with van der Waals surface area (Å²) < 4.78 is 22.3. The summed E-state index contributed by atoms with van der Waals surface area (Å²) >= 11 is 5.48. The largest absolute Gasteiger partial charge is 0.335 e. The van der Waals surface area contributed by atoms with Gasteiger partial charge in [-0.1, -0.05) is 0 Å². The van der Waals surface area contributed by atoms with Crippen molar-refractivity contribution in [1.29, 1.82) is 0 Å². The first-order valence-electron chi connectivity index (χ1n) is 5.26. The average molecular weight is 283 g/mol. The van der Waals surface area contributed by atoms with Crippen LogP contribution in [0.15, 0.2) is 0 Å². The number of carbonyl (C=O) groups excluding carboxylic acids is 2. The van der Waals surface area contributed by atoms with Gasteiger partial charge in [-0.25, -0.2) is 13.2 Å². The van der Waals surface area contributed by atoms with Crippen molar-refractivity contribution in [2.75, 3.05) is 11.5 Å². The molecule has 8 heteroatoms. The molecule has 2 N–H and O–H groups in total. The van der Waals surface area contributed by atoms with Crippen molar-refractivity contribution in [3.05, 3.63) is 0 Å². The highest BCUT2D eigenvalue weighted by molar-refractivity contribution is 7.91. The van der Waals surface area contributed by atoms with Gasteiger partial charge in [-0.2, -0.15) is 0 Å². The molecule has 0 aromatic heterocycles. The summed E-state index contributed by atoms with van der Waals surface area (Å²) in [6.45, 7) is 1.46. The van der Waals surface area contributed by atoms with E-state index in [0.29, 0.717) is 12.8 Å². The van der Waals surface area contributed by atoms with Crippen LogP contribution in [-0.4, -0.2) is 43.3 Å². The normalized spacial score (nSPS) is 21.5. The first-order chi connectivity index (χ1) is 7.80. The van der Waals surface area contributed by atoms with Gasteiger partial charge >= 0.3 is 6.03 Å². The molecule has 1 aliphatic rings. The third-order valence-corrected chi connectivity index (χ3v) is 4.40. The van der Waals surface area contributed by atoms with E-state index in [1.165, 1.54) is 6.92 Å². The minimum atomic E-state index is -2.95. The Morgan fingerprint density at radius 2 is 1.82 bits per heavy atom. The van der Waals surface area contributed by atoms with Crippen LogP contribution in [0.3, 0.4) is 0 Å². The maximum absolute atomic E-state index is 11.3. The highest BCUT2D eigenvalue weighted by Gasteiger charge is 2.25. The number of carbonyl (C=O) groups is 2. The standard InChI is InChI=1S/C9H15ClN2O4S/c1-6(10)8(13)12-9(14)11-7-2-4-17(15,16)5-3-7/h6-7H,2-5H2,1H3,(H2,11,12,13,14). The van der Waals surface area contributed by atoms with Crippen molar-refractivity contribution in [3.63, 3.8) is 0 Å². The number of hydrogen-bond donors (Lipinski definition) is 2. The van der Waals surface area contributed by atoms with E-state index in [0.717, 1.165) is 0 Å². The molecule has 0 aromatic rings. The third kappa shape index (κ3) is 4.91. The minimum Gasteiger partial charge on any atom is -0.335 e. The van der Waals surface area contributed by atoms with Crippen LogP contribution in [0.5, 0.6) is 0 Å². The number of sulfone groups is 1. The number of alkyl halides is 1. The fourth-order valence-corrected chi connectivity index (χ4v) is 3.01. The highest BCUT2D eigenvalue weighted by Crippen LogP contribution is 2.11. The Hall–Kier alpha value is -0.820. The number of nitrogens with one attached hydrogen (secondary N) is 2. The van der Waals surface area contributed by atoms with Crippen molar-refractivity contribution in [3.8, 4) is 0 Å². The zero-order valence-electron chi connectivity index (χ0n) is 9.40. The van der Waals surface area contributed by atoms with Gasteiger partial charge in [0.05, 0.1) is 11.5 Å². The van der Waals surface area contributed by atoms with Crippen molar-refractivity contribution in [2.24, 2.45) is 0 Å². The van der Waals surface area contributed by atoms with E-state index in [1.54, 1.807) is 0 Å².